The van der Waals surface area contributed by atoms with Gasteiger partial charge >= 0.3 is 0 Å². The number of para-hydroxylation sites is 1. The number of halogens is 1. The van der Waals surface area contributed by atoms with Crippen molar-refractivity contribution in [3.05, 3.63) is 60.4 Å². The van der Waals surface area contributed by atoms with Gasteiger partial charge in [-0.15, -0.1) is 12.4 Å². The van der Waals surface area contributed by atoms with E-state index in [4.69, 9.17) is 4.74 Å². The van der Waals surface area contributed by atoms with Crippen molar-refractivity contribution in [2.75, 3.05) is 0 Å². The van der Waals surface area contributed by atoms with E-state index in [-0.39, 0.29) is 12.4 Å². The molecule has 0 aliphatic carbocycles. The minimum absolute atomic E-state index is 0. The minimum atomic E-state index is 0. The summed E-state index contributed by atoms with van der Waals surface area (Å²) in [5.41, 5.74) is 1.08. The highest BCUT2D eigenvalue weighted by molar-refractivity contribution is 5.85. The molecule has 2 aromatic rings. The van der Waals surface area contributed by atoms with Crippen LogP contribution in [0, 0.1) is 0 Å². The largest absolute Gasteiger partial charge is 0.489 e. The first-order chi connectivity index (χ1) is 6.95. The second kappa shape index (κ2) is 6.04. The first-order valence-corrected chi connectivity index (χ1v) is 4.52. The van der Waals surface area contributed by atoms with E-state index >= 15 is 0 Å². The zero-order valence-corrected chi connectivity index (χ0v) is 8.98. The molecular formula is C12H12ClNO. The van der Waals surface area contributed by atoms with E-state index in [1.54, 1.807) is 6.20 Å². The Balaban J connectivity index is 0.00000112. The van der Waals surface area contributed by atoms with Gasteiger partial charge in [0.05, 0.1) is 0 Å². The van der Waals surface area contributed by atoms with Gasteiger partial charge in [-0.2, -0.15) is 0 Å². The van der Waals surface area contributed by atoms with Crippen molar-refractivity contribution >= 4 is 12.4 Å². The Kier molecular flexibility index (Phi) is 4.64. The average molecular weight is 222 g/mol. The number of rotatable bonds is 3. The van der Waals surface area contributed by atoms with Crippen molar-refractivity contribution < 1.29 is 4.74 Å². The molecule has 0 saturated carbocycles. The normalized spacial score (nSPS) is 9.07. The quantitative estimate of drug-likeness (QED) is 0.795. The molecule has 0 amide bonds. The molecule has 2 nitrogen and oxygen atoms in total. The van der Waals surface area contributed by atoms with Gasteiger partial charge in [-0.25, -0.2) is 0 Å². The summed E-state index contributed by atoms with van der Waals surface area (Å²) in [4.78, 5) is 4.02. The van der Waals surface area contributed by atoms with Crippen LogP contribution in [0.15, 0.2) is 54.9 Å². The summed E-state index contributed by atoms with van der Waals surface area (Å²) < 4.78 is 5.55. The Morgan fingerprint density at radius 3 is 2.47 bits per heavy atom. The molecule has 1 heterocycles. The van der Waals surface area contributed by atoms with E-state index in [2.05, 4.69) is 4.98 Å². The Morgan fingerprint density at radius 2 is 1.80 bits per heavy atom. The lowest BCUT2D eigenvalue weighted by Gasteiger charge is -2.04. The third-order valence-corrected chi connectivity index (χ3v) is 1.87. The fourth-order valence-corrected chi connectivity index (χ4v) is 1.17. The molecule has 1 aromatic carbocycles. The molecule has 0 spiro atoms. The molecule has 0 unspecified atom stereocenters. The van der Waals surface area contributed by atoms with E-state index in [1.165, 1.54) is 0 Å². The van der Waals surface area contributed by atoms with E-state index in [0.29, 0.717) is 6.61 Å². The molecule has 0 bridgehead atoms. The van der Waals surface area contributed by atoms with Crippen LogP contribution >= 0.6 is 12.4 Å². The summed E-state index contributed by atoms with van der Waals surface area (Å²) in [7, 11) is 0. The second-order valence-electron chi connectivity index (χ2n) is 2.96. The third kappa shape index (κ3) is 3.60. The predicted molar refractivity (Wildman–Crippen MR) is 62.3 cm³/mol. The van der Waals surface area contributed by atoms with Crippen LogP contribution in [0.2, 0.25) is 0 Å². The molecule has 0 radical (unpaired) electrons. The molecule has 1 aromatic heterocycles. The van der Waals surface area contributed by atoms with Crippen molar-refractivity contribution in [3.63, 3.8) is 0 Å². The number of pyridine rings is 1. The Morgan fingerprint density at radius 1 is 1.00 bits per heavy atom. The average Bonchev–Trinajstić information content (AvgIpc) is 2.29. The van der Waals surface area contributed by atoms with Crippen LogP contribution in [-0.2, 0) is 6.61 Å². The number of ether oxygens (including phenoxy) is 1. The second-order valence-corrected chi connectivity index (χ2v) is 2.96. The molecule has 0 fully saturated rings. The number of hydrogen-bond acceptors (Lipinski definition) is 2. The molecule has 0 aliphatic rings. The highest BCUT2D eigenvalue weighted by atomic mass is 35.5. The lowest BCUT2D eigenvalue weighted by atomic mass is 10.3. The molecule has 3 heteroatoms. The molecule has 78 valence electrons. The zero-order chi connectivity index (χ0) is 9.64. The smallest absolute Gasteiger partial charge is 0.119 e. The number of benzene rings is 1. The van der Waals surface area contributed by atoms with Gasteiger partial charge in [0.15, 0.2) is 0 Å². The van der Waals surface area contributed by atoms with Gasteiger partial charge in [0.25, 0.3) is 0 Å². The van der Waals surface area contributed by atoms with Gasteiger partial charge < -0.3 is 4.74 Å². The standard InChI is InChI=1S/C12H11NO.ClH/c1-2-6-12(7-3-1)14-10-11-5-4-8-13-9-11;/h1-9H,10H2;1H. The van der Waals surface area contributed by atoms with Crippen molar-refractivity contribution in [2.45, 2.75) is 6.61 Å². The van der Waals surface area contributed by atoms with Gasteiger partial charge in [0, 0.05) is 18.0 Å². The van der Waals surface area contributed by atoms with Crippen molar-refractivity contribution in [1.29, 1.82) is 0 Å². The number of aromatic nitrogens is 1. The molecular weight excluding hydrogens is 210 g/mol. The molecule has 0 N–H and O–H groups in total. The number of nitrogens with zero attached hydrogens (tertiary/aromatic N) is 1. The van der Waals surface area contributed by atoms with Gasteiger partial charge in [0.1, 0.15) is 12.4 Å². The minimum Gasteiger partial charge on any atom is -0.489 e. The van der Waals surface area contributed by atoms with Crippen LogP contribution in [-0.4, -0.2) is 4.98 Å². The maximum Gasteiger partial charge on any atom is 0.119 e. The fraction of sp³-hybridized carbons (Fsp3) is 0.0833. The Labute approximate surface area is 95.3 Å². The lowest BCUT2D eigenvalue weighted by molar-refractivity contribution is 0.306. The molecule has 0 aliphatic heterocycles. The summed E-state index contributed by atoms with van der Waals surface area (Å²) in [5, 5.41) is 0. The maximum absolute atomic E-state index is 5.55. The van der Waals surface area contributed by atoms with Gasteiger partial charge in [-0.05, 0) is 18.2 Å². The lowest BCUT2D eigenvalue weighted by Crippen LogP contribution is -1.94. The highest BCUT2D eigenvalue weighted by Gasteiger charge is 1.93. The first-order valence-electron chi connectivity index (χ1n) is 4.52. The van der Waals surface area contributed by atoms with Gasteiger partial charge in [0.2, 0.25) is 0 Å². The van der Waals surface area contributed by atoms with E-state index in [9.17, 15) is 0 Å². The van der Waals surface area contributed by atoms with Crippen LogP contribution in [0.3, 0.4) is 0 Å². The fourth-order valence-electron chi connectivity index (χ4n) is 1.17. The summed E-state index contributed by atoms with van der Waals surface area (Å²) in [6.45, 7) is 0.567. The zero-order valence-electron chi connectivity index (χ0n) is 8.17. The topological polar surface area (TPSA) is 22.1 Å². The molecule has 2 rings (SSSR count). The van der Waals surface area contributed by atoms with E-state index < -0.39 is 0 Å². The van der Waals surface area contributed by atoms with Crippen LogP contribution in [0.4, 0.5) is 0 Å². The SMILES string of the molecule is Cl.c1ccc(OCc2cccnc2)cc1. The van der Waals surface area contributed by atoms with Crippen LogP contribution < -0.4 is 4.74 Å². The summed E-state index contributed by atoms with van der Waals surface area (Å²) in [5.74, 6) is 0.886. The molecule has 15 heavy (non-hydrogen) atoms. The highest BCUT2D eigenvalue weighted by Crippen LogP contribution is 2.10. The van der Waals surface area contributed by atoms with Crippen LogP contribution in [0.25, 0.3) is 0 Å². The van der Waals surface area contributed by atoms with Crippen molar-refractivity contribution in [2.24, 2.45) is 0 Å². The third-order valence-electron chi connectivity index (χ3n) is 1.87. The molecule has 0 saturated heterocycles. The Hall–Kier alpha value is -1.54. The maximum atomic E-state index is 5.55. The summed E-state index contributed by atoms with van der Waals surface area (Å²) >= 11 is 0. The summed E-state index contributed by atoms with van der Waals surface area (Å²) in [6.07, 6.45) is 3.56. The predicted octanol–water partition coefficient (Wildman–Crippen LogP) is 3.08. The van der Waals surface area contributed by atoms with Gasteiger partial charge in [-0.1, -0.05) is 24.3 Å². The van der Waals surface area contributed by atoms with Crippen molar-refractivity contribution in [3.8, 4) is 5.75 Å². The van der Waals surface area contributed by atoms with E-state index in [0.717, 1.165) is 11.3 Å². The molecule has 0 atom stereocenters. The van der Waals surface area contributed by atoms with E-state index in [1.807, 2.05) is 48.7 Å². The number of hydrogen-bond donors (Lipinski definition) is 0. The summed E-state index contributed by atoms with van der Waals surface area (Å²) in [6, 6.07) is 13.7. The van der Waals surface area contributed by atoms with Crippen LogP contribution in [0.5, 0.6) is 5.75 Å². The van der Waals surface area contributed by atoms with Gasteiger partial charge in [-0.3, -0.25) is 4.98 Å². The monoisotopic (exact) mass is 221 g/mol. The first kappa shape index (κ1) is 11.5. The van der Waals surface area contributed by atoms with Crippen molar-refractivity contribution in [1.82, 2.24) is 4.98 Å². The Bertz CT molecular complexity index is 338. The van der Waals surface area contributed by atoms with Crippen LogP contribution in [0.1, 0.15) is 5.56 Å².